The molecule has 0 aliphatic heterocycles. The maximum Gasteiger partial charge on any atom is 0.279 e. The fourth-order valence-corrected chi connectivity index (χ4v) is 4.71. The molecule has 0 unspecified atom stereocenters. The first kappa shape index (κ1) is 20.1. The first-order chi connectivity index (χ1) is 13.3. The van der Waals surface area contributed by atoms with Crippen LogP contribution in [-0.2, 0) is 16.4 Å². The molecule has 1 aromatic heterocycles. The molecule has 0 radical (unpaired) electrons. The fourth-order valence-electron chi connectivity index (χ4n) is 2.84. The van der Waals surface area contributed by atoms with Crippen molar-refractivity contribution in [1.29, 1.82) is 0 Å². The van der Waals surface area contributed by atoms with Crippen molar-refractivity contribution in [2.75, 3.05) is 20.5 Å². The average Bonchev–Trinajstić information content (AvgIpc) is 3.04. The molecule has 7 nitrogen and oxygen atoms in total. The largest absolute Gasteiger partial charge is 0.495 e. The van der Waals surface area contributed by atoms with E-state index in [0.717, 1.165) is 16.5 Å². The first-order valence-electron chi connectivity index (χ1n) is 8.43. The summed E-state index contributed by atoms with van der Waals surface area (Å²) in [5, 5.41) is 0. The highest BCUT2D eigenvalue weighted by atomic mass is 32.2. The highest BCUT2D eigenvalue weighted by Crippen LogP contribution is 2.35. The zero-order chi connectivity index (χ0) is 20.5. The molecule has 9 heteroatoms. The maximum absolute atomic E-state index is 12.7. The molecule has 0 aliphatic carbocycles. The van der Waals surface area contributed by atoms with Crippen LogP contribution in [0.2, 0.25) is 0 Å². The van der Waals surface area contributed by atoms with Crippen LogP contribution in [0.25, 0.3) is 10.2 Å². The second kappa shape index (κ2) is 7.76. The Morgan fingerprint density at radius 1 is 1.14 bits per heavy atom. The predicted molar refractivity (Wildman–Crippen MR) is 108 cm³/mol. The van der Waals surface area contributed by atoms with Gasteiger partial charge in [0, 0.05) is 18.4 Å². The van der Waals surface area contributed by atoms with E-state index in [-0.39, 0.29) is 10.5 Å². The second-order valence-corrected chi connectivity index (χ2v) is 8.99. The number of carbonyl (C=O) groups is 1. The van der Waals surface area contributed by atoms with Crippen molar-refractivity contribution >= 4 is 37.3 Å². The fraction of sp³-hybridized carbons (Fsp3) is 0.263. The lowest BCUT2D eigenvalue weighted by Gasteiger charge is -2.08. The Morgan fingerprint density at radius 2 is 1.82 bits per heavy atom. The molecule has 0 N–H and O–H groups in total. The smallest absolute Gasteiger partial charge is 0.279 e. The molecule has 1 heterocycles. The molecule has 2 aromatic carbocycles. The molecule has 3 aromatic rings. The Morgan fingerprint density at radius 3 is 2.43 bits per heavy atom. The van der Waals surface area contributed by atoms with Crippen molar-refractivity contribution in [3.8, 4) is 11.5 Å². The molecule has 0 atom stereocenters. The lowest BCUT2D eigenvalue weighted by molar-refractivity contribution is 0.0997. The Balaban J connectivity index is 2.21. The highest BCUT2D eigenvalue weighted by Gasteiger charge is 2.16. The van der Waals surface area contributed by atoms with E-state index in [1.165, 1.54) is 29.5 Å². The number of hydrogen-bond donors (Lipinski definition) is 0. The number of sulfone groups is 1. The number of ether oxygens (including phenoxy) is 2. The van der Waals surface area contributed by atoms with Crippen molar-refractivity contribution in [2.45, 2.75) is 18.4 Å². The number of amides is 1. The summed E-state index contributed by atoms with van der Waals surface area (Å²) in [4.78, 5) is 17.5. The predicted octanol–water partition coefficient (Wildman–Crippen LogP) is 2.88. The molecule has 0 saturated heterocycles. The second-order valence-electron chi connectivity index (χ2n) is 5.99. The Bertz CT molecular complexity index is 1220. The van der Waals surface area contributed by atoms with Gasteiger partial charge >= 0.3 is 0 Å². The third-order valence-corrected chi connectivity index (χ3v) is 6.42. The van der Waals surface area contributed by atoms with Crippen molar-refractivity contribution < 1.29 is 22.7 Å². The molecule has 0 bridgehead atoms. The Hall–Kier alpha value is -2.65. The van der Waals surface area contributed by atoms with Gasteiger partial charge in [0.25, 0.3) is 5.91 Å². The van der Waals surface area contributed by atoms with Crippen LogP contribution < -0.4 is 14.3 Å². The number of hydrogen-bond acceptors (Lipinski definition) is 6. The number of nitrogens with zero attached hydrogens (tertiary/aromatic N) is 2. The van der Waals surface area contributed by atoms with E-state index in [1.807, 2.05) is 11.5 Å². The van der Waals surface area contributed by atoms with E-state index in [4.69, 9.17) is 9.47 Å². The molecule has 1 amide bonds. The minimum absolute atomic E-state index is 0.0802. The zero-order valence-electron chi connectivity index (χ0n) is 15.9. The van der Waals surface area contributed by atoms with Gasteiger partial charge in [-0.25, -0.2) is 8.42 Å². The minimum atomic E-state index is -3.41. The first-order valence-corrected chi connectivity index (χ1v) is 11.1. The molecular formula is C19H20N2O5S2. The van der Waals surface area contributed by atoms with Crippen molar-refractivity contribution in [2.24, 2.45) is 4.99 Å². The monoisotopic (exact) mass is 420 g/mol. The summed E-state index contributed by atoms with van der Waals surface area (Å²) in [6.07, 6.45) is 1.10. The van der Waals surface area contributed by atoms with Crippen LogP contribution in [0.4, 0.5) is 0 Å². The molecule has 0 fully saturated rings. The van der Waals surface area contributed by atoms with Gasteiger partial charge in [0.15, 0.2) is 14.6 Å². The number of aromatic nitrogens is 1. The van der Waals surface area contributed by atoms with Crippen LogP contribution in [-0.4, -0.2) is 39.4 Å². The van der Waals surface area contributed by atoms with E-state index in [9.17, 15) is 13.2 Å². The van der Waals surface area contributed by atoms with E-state index in [1.54, 1.807) is 32.4 Å². The molecule has 3 rings (SSSR count). The molecule has 148 valence electrons. The van der Waals surface area contributed by atoms with Gasteiger partial charge in [-0.1, -0.05) is 17.4 Å². The maximum atomic E-state index is 12.7. The van der Waals surface area contributed by atoms with Crippen LogP contribution in [0.1, 0.15) is 17.3 Å². The van der Waals surface area contributed by atoms with Gasteiger partial charge in [-0.3, -0.25) is 4.79 Å². The van der Waals surface area contributed by atoms with E-state index < -0.39 is 15.7 Å². The molecular weight excluding hydrogens is 400 g/mol. The molecule has 0 spiro atoms. The van der Waals surface area contributed by atoms with E-state index in [0.29, 0.717) is 22.8 Å². The van der Waals surface area contributed by atoms with Gasteiger partial charge in [-0.2, -0.15) is 4.99 Å². The Kier molecular flexibility index (Phi) is 5.57. The van der Waals surface area contributed by atoms with Gasteiger partial charge in [-0.05, 0) is 37.3 Å². The van der Waals surface area contributed by atoms with Gasteiger partial charge in [0.05, 0.1) is 19.1 Å². The number of rotatable bonds is 5. The lowest BCUT2D eigenvalue weighted by atomic mass is 10.2. The molecule has 0 saturated carbocycles. The number of thiazole rings is 1. The minimum Gasteiger partial charge on any atom is -0.495 e. The third kappa shape index (κ3) is 3.67. The van der Waals surface area contributed by atoms with Crippen molar-refractivity contribution in [3.63, 3.8) is 0 Å². The summed E-state index contributed by atoms with van der Waals surface area (Å²) in [7, 11) is -0.252. The van der Waals surface area contributed by atoms with E-state index >= 15 is 0 Å². The number of benzene rings is 2. The highest BCUT2D eigenvalue weighted by molar-refractivity contribution is 7.90. The number of carbonyl (C=O) groups excluding carboxylic acids is 1. The van der Waals surface area contributed by atoms with Crippen molar-refractivity contribution in [1.82, 2.24) is 4.57 Å². The van der Waals surface area contributed by atoms with Crippen molar-refractivity contribution in [3.05, 3.63) is 46.8 Å². The standard InChI is InChI=1S/C19H20N2O5S2/c1-5-21-16-14(25-2)9-10-15(26-3)17(16)27-19(21)20-18(22)12-7-6-8-13(11-12)28(4,23)24/h6-11H,5H2,1-4H3. The quantitative estimate of drug-likeness (QED) is 0.633. The summed E-state index contributed by atoms with van der Waals surface area (Å²) in [5.74, 6) is 0.801. The summed E-state index contributed by atoms with van der Waals surface area (Å²) in [6, 6.07) is 9.48. The summed E-state index contributed by atoms with van der Waals surface area (Å²) in [6.45, 7) is 2.51. The topological polar surface area (TPSA) is 87.0 Å². The summed E-state index contributed by atoms with van der Waals surface area (Å²) < 4.78 is 37.1. The van der Waals surface area contributed by atoms with Gasteiger partial charge in [-0.15, -0.1) is 0 Å². The Labute approximate surface area is 166 Å². The van der Waals surface area contributed by atoms with E-state index in [2.05, 4.69) is 4.99 Å². The third-order valence-electron chi connectivity index (χ3n) is 4.21. The van der Waals surface area contributed by atoms with Crippen LogP contribution in [0.3, 0.4) is 0 Å². The van der Waals surface area contributed by atoms with Crippen LogP contribution in [0, 0.1) is 0 Å². The molecule has 28 heavy (non-hydrogen) atoms. The lowest BCUT2D eigenvalue weighted by Crippen LogP contribution is -2.16. The normalized spacial score (nSPS) is 12.4. The molecule has 0 aliphatic rings. The van der Waals surface area contributed by atoms with Crippen LogP contribution in [0.15, 0.2) is 46.3 Å². The number of fused-ring (bicyclic) bond motifs is 1. The van der Waals surface area contributed by atoms with Gasteiger partial charge in [0.1, 0.15) is 21.7 Å². The summed E-state index contributed by atoms with van der Waals surface area (Å²) in [5.41, 5.74) is 1.01. The van der Waals surface area contributed by atoms with Crippen LogP contribution >= 0.6 is 11.3 Å². The van der Waals surface area contributed by atoms with Gasteiger partial charge in [0.2, 0.25) is 0 Å². The van der Waals surface area contributed by atoms with Gasteiger partial charge < -0.3 is 14.0 Å². The number of aryl methyl sites for hydroxylation is 1. The summed E-state index contributed by atoms with van der Waals surface area (Å²) >= 11 is 1.31. The SMILES string of the molecule is CCn1c(=NC(=O)c2cccc(S(C)(=O)=O)c2)sc2c(OC)ccc(OC)c21. The number of methoxy groups -OCH3 is 2. The van der Waals surface area contributed by atoms with Crippen LogP contribution in [0.5, 0.6) is 11.5 Å². The zero-order valence-corrected chi connectivity index (χ0v) is 17.6. The average molecular weight is 421 g/mol.